The minimum atomic E-state index is 0. The molecular formula is C33H27IrN3+3. The predicted octanol–water partition coefficient (Wildman–Crippen LogP) is 8.24. The summed E-state index contributed by atoms with van der Waals surface area (Å²) in [5, 5.41) is 0. The molecule has 0 spiro atoms. The van der Waals surface area contributed by atoms with Crippen molar-refractivity contribution in [2.24, 2.45) is 0 Å². The van der Waals surface area contributed by atoms with Gasteiger partial charge in [-0.05, 0) is 36.4 Å². The molecule has 0 N–H and O–H groups in total. The summed E-state index contributed by atoms with van der Waals surface area (Å²) in [6.07, 6.45) is 5.42. The van der Waals surface area contributed by atoms with Crippen LogP contribution < -0.4 is 0 Å². The first kappa shape index (κ1) is 27.3. The third-order valence-electron chi connectivity index (χ3n) is 5.20. The van der Waals surface area contributed by atoms with Gasteiger partial charge in [-0.1, -0.05) is 109 Å². The Bertz CT molecular complexity index is 1090. The molecule has 3 aromatic heterocycles. The van der Waals surface area contributed by atoms with Crippen LogP contribution in [-0.4, -0.2) is 15.0 Å². The zero-order chi connectivity index (χ0) is 24.7. The van der Waals surface area contributed by atoms with Crippen molar-refractivity contribution >= 4 is 0 Å². The van der Waals surface area contributed by atoms with E-state index in [1.807, 2.05) is 128 Å². The maximum atomic E-state index is 4.25. The first-order valence-electron chi connectivity index (χ1n) is 11.8. The molecule has 0 fully saturated rings. The largest absolute Gasteiger partial charge is 3.00 e. The molecule has 180 valence electrons. The fraction of sp³-hybridized carbons (Fsp3) is 0. The molecule has 0 aliphatic rings. The van der Waals surface area contributed by atoms with Gasteiger partial charge in [-0.2, -0.15) is 0 Å². The molecule has 6 rings (SSSR count). The molecule has 0 saturated carbocycles. The Balaban J connectivity index is 0.000000152. The van der Waals surface area contributed by atoms with Crippen LogP contribution in [0.4, 0.5) is 0 Å². The van der Waals surface area contributed by atoms with Crippen molar-refractivity contribution in [3.8, 4) is 33.8 Å². The zero-order valence-corrected chi connectivity index (χ0v) is 22.7. The van der Waals surface area contributed by atoms with E-state index >= 15 is 0 Å². The van der Waals surface area contributed by atoms with Crippen LogP contribution in [0.2, 0.25) is 0 Å². The standard InChI is InChI=1S/3C11H9N.Ir/c3*1-2-6-10(7-3-1)11-8-4-5-9-12-11;/h3*1-9H;/q;;;+3. The summed E-state index contributed by atoms with van der Waals surface area (Å²) in [5.41, 5.74) is 6.57. The predicted molar refractivity (Wildman–Crippen MR) is 149 cm³/mol. The van der Waals surface area contributed by atoms with Crippen LogP contribution >= 0.6 is 0 Å². The quantitative estimate of drug-likeness (QED) is 0.193. The van der Waals surface area contributed by atoms with Crippen molar-refractivity contribution < 1.29 is 20.1 Å². The van der Waals surface area contributed by atoms with Gasteiger partial charge in [-0.25, -0.2) is 0 Å². The van der Waals surface area contributed by atoms with E-state index in [2.05, 4.69) is 51.4 Å². The van der Waals surface area contributed by atoms with Crippen LogP contribution in [-0.2, 0) is 20.1 Å². The van der Waals surface area contributed by atoms with Gasteiger partial charge in [0.05, 0.1) is 17.1 Å². The van der Waals surface area contributed by atoms with E-state index in [0.29, 0.717) is 0 Å². The van der Waals surface area contributed by atoms with Crippen LogP contribution in [0.3, 0.4) is 0 Å². The van der Waals surface area contributed by atoms with E-state index in [0.717, 1.165) is 33.8 Å². The number of hydrogen-bond acceptors (Lipinski definition) is 3. The van der Waals surface area contributed by atoms with Gasteiger partial charge >= 0.3 is 20.1 Å². The first-order valence-corrected chi connectivity index (χ1v) is 11.8. The summed E-state index contributed by atoms with van der Waals surface area (Å²) < 4.78 is 0. The Kier molecular flexibility index (Phi) is 11.6. The average molecular weight is 658 g/mol. The smallest absolute Gasteiger partial charge is 0.256 e. The van der Waals surface area contributed by atoms with E-state index in [4.69, 9.17) is 0 Å². The third-order valence-corrected chi connectivity index (χ3v) is 5.20. The zero-order valence-electron chi connectivity index (χ0n) is 20.3. The maximum Gasteiger partial charge on any atom is 3.00 e. The number of aromatic nitrogens is 3. The molecule has 6 aromatic rings. The molecule has 0 saturated heterocycles. The Morgan fingerprint density at radius 1 is 0.270 bits per heavy atom. The van der Waals surface area contributed by atoms with Crippen molar-refractivity contribution in [1.82, 2.24) is 15.0 Å². The van der Waals surface area contributed by atoms with Crippen molar-refractivity contribution in [3.63, 3.8) is 0 Å². The van der Waals surface area contributed by atoms with Crippen molar-refractivity contribution in [3.05, 3.63) is 164 Å². The first-order chi connectivity index (χ1) is 17.9. The van der Waals surface area contributed by atoms with Crippen LogP contribution in [0, 0.1) is 0 Å². The van der Waals surface area contributed by atoms with Gasteiger partial charge in [-0.15, -0.1) is 0 Å². The molecule has 3 aromatic carbocycles. The van der Waals surface area contributed by atoms with E-state index in [9.17, 15) is 0 Å². The summed E-state index contributed by atoms with van der Waals surface area (Å²) >= 11 is 0. The molecule has 0 aliphatic carbocycles. The van der Waals surface area contributed by atoms with Crippen LogP contribution in [0.15, 0.2) is 164 Å². The number of rotatable bonds is 3. The fourth-order valence-electron chi connectivity index (χ4n) is 3.43. The SMILES string of the molecule is [Ir+3].c1ccc(-c2ccccn2)cc1.c1ccc(-c2ccccn2)cc1.c1ccc(-c2ccccn2)cc1. The maximum absolute atomic E-state index is 4.25. The number of benzene rings is 3. The van der Waals surface area contributed by atoms with Crippen LogP contribution in [0.1, 0.15) is 0 Å². The molecule has 0 radical (unpaired) electrons. The Morgan fingerprint density at radius 3 is 0.730 bits per heavy atom. The summed E-state index contributed by atoms with van der Waals surface area (Å²) in [5.74, 6) is 0. The Morgan fingerprint density at radius 2 is 0.514 bits per heavy atom. The van der Waals surface area contributed by atoms with Gasteiger partial charge in [0.1, 0.15) is 0 Å². The van der Waals surface area contributed by atoms with Crippen molar-refractivity contribution in [1.29, 1.82) is 0 Å². The van der Waals surface area contributed by atoms with Crippen molar-refractivity contribution in [2.75, 3.05) is 0 Å². The van der Waals surface area contributed by atoms with Gasteiger partial charge in [-0.3, -0.25) is 15.0 Å². The summed E-state index contributed by atoms with van der Waals surface area (Å²) in [6.45, 7) is 0. The number of nitrogens with zero attached hydrogens (tertiary/aromatic N) is 3. The Labute approximate surface area is 232 Å². The van der Waals surface area contributed by atoms with Gasteiger partial charge in [0.2, 0.25) is 0 Å². The number of hydrogen-bond donors (Lipinski definition) is 0. The van der Waals surface area contributed by atoms with Gasteiger partial charge in [0.15, 0.2) is 0 Å². The topological polar surface area (TPSA) is 38.7 Å². The van der Waals surface area contributed by atoms with Gasteiger partial charge in [0, 0.05) is 35.3 Å². The van der Waals surface area contributed by atoms with Gasteiger partial charge in [0.25, 0.3) is 0 Å². The molecule has 0 amide bonds. The van der Waals surface area contributed by atoms with E-state index in [1.165, 1.54) is 0 Å². The minimum Gasteiger partial charge on any atom is -0.256 e. The summed E-state index contributed by atoms with van der Waals surface area (Å²) in [4.78, 5) is 12.7. The summed E-state index contributed by atoms with van der Waals surface area (Å²) in [7, 11) is 0. The molecule has 37 heavy (non-hydrogen) atoms. The minimum absolute atomic E-state index is 0. The monoisotopic (exact) mass is 658 g/mol. The van der Waals surface area contributed by atoms with E-state index in [1.54, 1.807) is 0 Å². The molecular weight excluding hydrogens is 631 g/mol. The second-order valence-corrected chi connectivity index (χ2v) is 7.74. The van der Waals surface area contributed by atoms with Crippen LogP contribution in [0.5, 0.6) is 0 Å². The third kappa shape index (κ3) is 9.05. The second-order valence-electron chi connectivity index (χ2n) is 7.74. The molecule has 0 bridgehead atoms. The average Bonchev–Trinajstić information content (AvgIpc) is 3.01. The molecule has 0 atom stereocenters. The number of pyridine rings is 3. The van der Waals surface area contributed by atoms with Crippen LogP contribution in [0.25, 0.3) is 33.8 Å². The second kappa shape index (κ2) is 15.7. The summed E-state index contributed by atoms with van der Waals surface area (Å²) in [6, 6.07) is 48.3. The van der Waals surface area contributed by atoms with Crippen molar-refractivity contribution in [2.45, 2.75) is 0 Å². The molecule has 0 unspecified atom stereocenters. The Hall–Kier alpha value is -4.24. The molecule has 4 heteroatoms. The molecule has 0 aliphatic heterocycles. The molecule has 3 heterocycles. The van der Waals surface area contributed by atoms with Gasteiger partial charge < -0.3 is 0 Å². The molecule has 3 nitrogen and oxygen atoms in total. The van der Waals surface area contributed by atoms with E-state index < -0.39 is 0 Å². The fourth-order valence-corrected chi connectivity index (χ4v) is 3.43. The van der Waals surface area contributed by atoms with E-state index in [-0.39, 0.29) is 20.1 Å². The normalized spacial score (nSPS) is 9.41.